The molecular weight excluding hydrogens is 332 g/mol. The highest BCUT2D eigenvalue weighted by Gasteiger charge is 2.16. The monoisotopic (exact) mass is 346 g/mol. The standard InChI is InChI=1S/C19H14N4OS/c24-18(23-22-13-7-2-1-3-8-13)14-9-6-12-20-17(14)19-21-15-10-4-5-11-16(15)25-19/h1-12,22H,(H,23,24). The van der Waals surface area contributed by atoms with Gasteiger partial charge in [0.15, 0.2) is 0 Å². The van der Waals surface area contributed by atoms with Gasteiger partial charge in [0.1, 0.15) is 10.7 Å². The normalized spacial score (nSPS) is 10.6. The zero-order valence-electron chi connectivity index (χ0n) is 13.1. The molecule has 0 aliphatic heterocycles. The van der Waals surface area contributed by atoms with Gasteiger partial charge in [0, 0.05) is 6.20 Å². The average molecular weight is 346 g/mol. The van der Waals surface area contributed by atoms with Crippen molar-refractivity contribution in [3.05, 3.63) is 78.5 Å². The Bertz CT molecular complexity index is 997. The predicted molar refractivity (Wildman–Crippen MR) is 100 cm³/mol. The van der Waals surface area contributed by atoms with Crippen LogP contribution < -0.4 is 10.9 Å². The lowest BCUT2D eigenvalue weighted by Gasteiger charge is -2.10. The molecule has 2 heterocycles. The summed E-state index contributed by atoms with van der Waals surface area (Å²) in [4.78, 5) is 21.6. The van der Waals surface area contributed by atoms with Crippen molar-refractivity contribution < 1.29 is 4.79 Å². The van der Waals surface area contributed by atoms with Crippen LogP contribution in [0.15, 0.2) is 72.9 Å². The minimum atomic E-state index is -0.258. The molecule has 0 saturated heterocycles. The van der Waals surface area contributed by atoms with Gasteiger partial charge in [-0.3, -0.25) is 20.6 Å². The molecule has 0 radical (unpaired) electrons. The van der Waals surface area contributed by atoms with E-state index in [-0.39, 0.29) is 5.91 Å². The van der Waals surface area contributed by atoms with Gasteiger partial charge in [-0.25, -0.2) is 4.98 Å². The average Bonchev–Trinajstić information content (AvgIpc) is 3.11. The van der Waals surface area contributed by atoms with Gasteiger partial charge in [-0.05, 0) is 36.4 Å². The molecule has 5 nitrogen and oxygen atoms in total. The molecule has 2 aromatic carbocycles. The number of aromatic nitrogens is 2. The van der Waals surface area contributed by atoms with Gasteiger partial charge in [-0.1, -0.05) is 30.3 Å². The molecule has 2 aromatic heterocycles. The first-order valence-corrected chi connectivity index (χ1v) is 8.55. The van der Waals surface area contributed by atoms with Crippen LogP contribution in [0.25, 0.3) is 20.9 Å². The van der Waals surface area contributed by atoms with Crippen molar-refractivity contribution in [2.45, 2.75) is 0 Å². The van der Waals surface area contributed by atoms with Crippen molar-refractivity contribution in [1.29, 1.82) is 0 Å². The summed E-state index contributed by atoms with van der Waals surface area (Å²) >= 11 is 1.52. The number of pyridine rings is 1. The first kappa shape index (κ1) is 15.3. The fourth-order valence-electron chi connectivity index (χ4n) is 2.45. The largest absolute Gasteiger partial charge is 0.298 e. The van der Waals surface area contributed by atoms with Crippen molar-refractivity contribution in [3.63, 3.8) is 0 Å². The number of amides is 1. The smallest absolute Gasteiger partial charge is 0.271 e. The summed E-state index contributed by atoms with van der Waals surface area (Å²) in [6.07, 6.45) is 1.67. The molecule has 122 valence electrons. The number of rotatable bonds is 4. The third kappa shape index (κ3) is 3.20. The second-order valence-electron chi connectivity index (χ2n) is 5.33. The third-order valence-electron chi connectivity index (χ3n) is 3.64. The van der Waals surface area contributed by atoms with Crippen LogP contribution in [0.4, 0.5) is 5.69 Å². The Kier molecular flexibility index (Phi) is 4.10. The number of fused-ring (bicyclic) bond motifs is 1. The van der Waals surface area contributed by atoms with Crippen molar-refractivity contribution in [2.24, 2.45) is 0 Å². The summed E-state index contributed by atoms with van der Waals surface area (Å²) in [6.45, 7) is 0. The molecular formula is C19H14N4OS. The minimum absolute atomic E-state index is 0.258. The van der Waals surface area contributed by atoms with Crippen molar-refractivity contribution in [1.82, 2.24) is 15.4 Å². The van der Waals surface area contributed by atoms with Crippen LogP contribution in [0.1, 0.15) is 10.4 Å². The summed E-state index contributed by atoms with van der Waals surface area (Å²) in [6, 6.07) is 20.8. The van der Waals surface area contributed by atoms with Gasteiger partial charge < -0.3 is 0 Å². The van der Waals surface area contributed by atoms with Crippen LogP contribution >= 0.6 is 11.3 Å². The summed E-state index contributed by atoms with van der Waals surface area (Å²) in [5.74, 6) is -0.258. The zero-order chi connectivity index (χ0) is 17.1. The fourth-order valence-corrected chi connectivity index (χ4v) is 3.43. The molecule has 0 saturated carbocycles. The van der Waals surface area contributed by atoms with Crippen molar-refractivity contribution >= 4 is 33.1 Å². The van der Waals surface area contributed by atoms with E-state index in [1.807, 2.05) is 54.6 Å². The Morgan fingerprint density at radius 2 is 1.72 bits per heavy atom. The van der Waals surface area contributed by atoms with E-state index in [9.17, 15) is 4.79 Å². The van der Waals surface area contributed by atoms with Gasteiger partial charge >= 0.3 is 0 Å². The molecule has 0 aliphatic rings. The lowest BCUT2D eigenvalue weighted by Crippen LogP contribution is -2.29. The van der Waals surface area contributed by atoms with Crippen molar-refractivity contribution in [2.75, 3.05) is 5.43 Å². The van der Waals surface area contributed by atoms with Crippen LogP contribution in [0.2, 0.25) is 0 Å². The molecule has 25 heavy (non-hydrogen) atoms. The van der Waals surface area contributed by atoms with Gasteiger partial charge in [-0.2, -0.15) is 0 Å². The van der Waals surface area contributed by atoms with Gasteiger partial charge in [0.05, 0.1) is 21.5 Å². The topological polar surface area (TPSA) is 66.9 Å². The molecule has 1 amide bonds. The van der Waals surface area contributed by atoms with Crippen LogP contribution in [-0.2, 0) is 0 Å². The number of thiazole rings is 1. The van der Waals surface area contributed by atoms with E-state index < -0.39 is 0 Å². The van der Waals surface area contributed by atoms with Gasteiger partial charge in [0.25, 0.3) is 5.91 Å². The number of nitrogens with zero attached hydrogens (tertiary/aromatic N) is 2. The van der Waals surface area contributed by atoms with Crippen molar-refractivity contribution in [3.8, 4) is 10.7 Å². The van der Waals surface area contributed by atoms with Crippen LogP contribution in [0, 0.1) is 0 Å². The van der Waals surface area contributed by atoms with Gasteiger partial charge in [-0.15, -0.1) is 11.3 Å². The van der Waals surface area contributed by atoms with Crippen LogP contribution in [0.3, 0.4) is 0 Å². The van der Waals surface area contributed by atoms with Crippen LogP contribution in [0.5, 0.6) is 0 Å². The second-order valence-corrected chi connectivity index (χ2v) is 6.36. The lowest BCUT2D eigenvalue weighted by atomic mass is 10.2. The van der Waals surface area contributed by atoms with E-state index in [4.69, 9.17) is 0 Å². The Labute approximate surface area is 148 Å². The molecule has 0 fully saturated rings. The zero-order valence-corrected chi connectivity index (χ0v) is 14.0. The molecule has 4 aromatic rings. The highest BCUT2D eigenvalue weighted by Crippen LogP contribution is 2.30. The number of hydrogen-bond acceptors (Lipinski definition) is 5. The van der Waals surface area contributed by atoms with E-state index in [1.165, 1.54) is 11.3 Å². The number of para-hydroxylation sites is 2. The molecule has 2 N–H and O–H groups in total. The Morgan fingerprint density at radius 3 is 2.56 bits per heavy atom. The minimum Gasteiger partial charge on any atom is -0.298 e. The van der Waals surface area contributed by atoms with Gasteiger partial charge in [0.2, 0.25) is 0 Å². The number of hydrogen-bond donors (Lipinski definition) is 2. The van der Waals surface area contributed by atoms with E-state index in [0.717, 1.165) is 20.9 Å². The molecule has 0 atom stereocenters. The number of anilines is 1. The number of carbonyl (C=O) groups is 1. The maximum Gasteiger partial charge on any atom is 0.271 e. The summed E-state index contributed by atoms with van der Waals surface area (Å²) < 4.78 is 1.07. The number of nitrogens with one attached hydrogen (secondary N) is 2. The lowest BCUT2D eigenvalue weighted by molar-refractivity contribution is 0.0963. The second kappa shape index (κ2) is 6.70. The van der Waals surface area contributed by atoms with Crippen LogP contribution in [-0.4, -0.2) is 15.9 Å². The first-order valence-electron chi connectivity index (χ1n) is 7.73. The fraction of sp³-hybridized carbons (Fsp3) is 0. The molecule has 0 bridgehead atoms. The highest BCUT2D eigenvalue weighted by atomic mass is 32.1. The van der Waals surface area contributed by atoms with E-state index in [0.29, 0.717) is 11.3 Å². The maximum atomic E-state index is 12.6. The Balaban J connectivity index is 1.63. The predicted octanol–water partition coefficient (Wildman–Crippen LogP) is 4.12. The molecule has 4 rings (SSSR count). The summed E-state index contributed by atoms with van der Waals surface area (Å²) in [5, 5.41) is 0.728. The molecule has 0 unspecified atom stereocenters. The van der Waals surface area contributed by atoms with E-state index in [1.54, 1.807) is 18.3 Å². The summed E-state index contributed by atoms with van der Waals surface area (Å²) in [7, 11) is 0. The molecule has 0 spiro atoms. The SMILES string of the molecule is O=C(NNc1ccccc1)c1cccnc1-c1nc2ccccc2s1. The molecule has 6 heteroatoms. The number of benzene rings is 2. The maximum absolute atomic E-state index is 12.6. The summed E-state index contributed by atoms with van der Waals surface area (Å²) in [5.41, 5.74) is 8.38. The Hall–Kier alpha value is -3.25. The van der Waals surface area contributed by atoms with E-state index in [2.05, 4.69) is 20.8 Å². The number of hydrazine groups is 1. The molecule has 0 aliphatic carbocycles. The van der Waals surface area contributed by atoms with E-state index >= 15 is 0 Å². The number of carbonyl (C=O) groups excluding carboxylic acids is 1. The Morgan fingerprint density at radius 1 is 0.920 bits per heavy atom. The quantitative estimate of drug-likeness (QED) is 0.546. The third-order valence-corrected chi connectivity index (χ3v) is 4.69. The highest BCUT2D eigenvalue weighted by molar-refractivity contribution is 7.21. The first-order chi connectivity index (χ1) is 12.3.